The molecule has 0 aliphatic heterocycles. The van der Waals surface area contributed by atoms with E-state index < -0.39 is 53.5 Å². The number of methoxy groups -OCH3 is 1. The third-order valence-corrected chi connectivity index (χ3v) is 7.00. The first-order chi connectivity index (χ1) is 20.0. The molecule has 3 N–H and O–H groups in total. The summed E-state index contributed by atoms with van der Waals surface area (Å²) >= 11 is 6.41. The minimum atomic E-state index is -5.41. The van der Waals surface area contributed by atoms with E-state index in [-0.39, 0.29) is 44.1 Å². The molecule has 0 saturated carbocycles. The molecule has 14 heteroatoms. The lowest BCUT2D eigenvalue weighted by molar-refractivity contribution is -0.265. The van der Waals surface area contributed by atoms with Crippen molar-refractivity contribution >= 4 is 28.4 Å². The Morgan fingerprint density at radius 1 is 1.02 bits per heavy atom. The lowest BCUT2D eigenvalue weighted by Gasteiger charge is -2.32. The van der Waals surface area contributed by atoms with Crippen LogP contribution in [0.25, 0.3) is 22.2 Å². The summed E-state index contributed by atoms with van der Waals surface area (Å²) in [5, 5.41) is 23.7. The molecule has 2 aromatic carbocycles. The molecule has 1 atom stereocenters. The van der Waals surface area contributed by atoms with Crippen LogP contribution in [0.2, 0.25) is 5.02 Å². The Morgan fingerprint density at radius 2 is 1.67 bits per heavy atom. The van der Waals surface area contributed by atoms with Gasteiger partial charge in [-0.3, -0.25) is 4.79 Å². The third kappa shape index (κ3) is 6.38. The van der Waals surface area contributed by atoms with Gasteiger partial charge in [-0.1, -0.05) is 17.7 Å². The largest absolute Gasteiger partial charge is 0.494 e. The van der Waals surface area contributed by atoms with E-state index in [1.807, 2.05) is 5.32 Å². The highest BCUT2D eigenvalue weighted by Gasteiger charge is 2.57. The molecule has 0 aliphatic rings. The second kappa shape index (κ2) is 11.6. The zero-order valence-electron chi connectivity index (χ0n) is 22.7. The summed E-state index contributed by atoms with van der Waals surface area (Å²) in [6.07, 6.45) is -8.28. The highest BCUT2D eigenvalue weighted by atomic mass is 35.5. The van der Waals surface area contributed by atoms with Crippen molar-refractivity contribution in [2.24, 2.45) is 0 Å². The van der Waals surface area contributed by atoms with E-state index in [2.05, 4.69) is 9.97 Å². The number of benzene rings is 2. The number of halogens is 7. The van der Waals surface area contributed by atoms with Gasteiger partial charge in [0.15, 0.2) is 0 Å². The Hall–Kier alpha value is -3.94. The Bertz CT molecular complexity index is 1680. The number of ether oxygens (including phenoxy) is 1. The molecule has 4 rings (SSSR count). The van der Waals surface area contributed by atoms with Gasteiger partial charge in [-0.25, -0.2) is 23.1 Å². The van der Waals surface area contributed by atoms with Crippen LogP contribution in [0.1, 0.15) is 47.6 Å². The number of carbonyl (C=O) groups excluding carboxylic acids is 1. The van der Waals surface area contributed by atoms with Gasteiger partial charge in [0.05, 0.1) is 35.7 Å². The SMILES string of the molecule is COc1cc(C(=O)NCC(O)(c2cc(C(C)(C)O)c(Cl)c(-c3ccc(F)cc3)n2)C(F)(F)F)cc2ccc(C(F)F)nc12. The standard InChI is InChI=1S/C29H24ClF6N3O4/c1-27(2,41)18-12-21(39-24(22(18)30)14-4-7-17(31)8-5-14)28(42,29(34,35)36)13-37-26(40)16-10-15-6-9-19(25(32)33)38-23(15)20(11-16)43-3/h4-12,25,41-42H,13H2,1-3H3,(H,37,40). The number of nitrogens with one attached hydrogen (secondary N) is 1. The maximum atomic E-state index is 14.5. The molecule has 7 nitrogen and oxygen atoms in total. The number of hydrogen-bond donors (Lipinski definition) is 3. The number of pyridine rings is 2. The quantitative estimate of drug-likeness (QED) is 0.194. The van der Waals surface area contributed by atoms with Crippen molar-refractivity contribution in [2.75, 3.05) is 13.7 Å². The fourth-order valence-electron chi connectivity index (χ4n) is 4.26. The molecule has 0 saturated heterocycles. The Morgan fingerprint density at radius 3 is 2.23 bits per heavy atom. The number of aliphatic hydroxyl groups is 2. The van der Waals surface area contributed by atoms with Crippen molar-refractivity contribution < 1.29 is 46.1 Å². The summed E-state index contributed by atoms with van der Waals surface area (Å²) in [4.78, 5) is 20.8. The maximum Gasteiger partial charge on any atom is 0.424 e. The minimum Gasteiger partial charge on any atom is -0.494 e. The van der Waals surface area contributed by atoms with Crippen LogP contribution in [-0.4, -0.2) is 45.9 Å². The van der Waals surface area contributed by atoms with Crippen LogP contribution in [0.15, 0.2) is 54.6 Å². The average molecular weight is 628 g/mol. The second-order valence-electron chi connectivity index (χ2n) is 10.1. The Labute approximate surface area is 246 Å². The molecule has 1 amide bonds. The Balaban J connectivity index is 1.77. The molecule has 0 aliphatic carbocycles. The highest BCUT2D eigenvalue weighted by molar-refractivity contribution is 6.34. The number of carbonyl (C=O) groups is 1. The van der Waals surface area contributed by atoms with Gasteiger partial charge in [-0.05, 0) is 62.4 Å². The van der Waals surface area contributed by atoms with Gasteiger partial charge < -0.3 is 20.3 Å². The van der Waals surface area contributed by atoms with Crippen LogP contribution in [0.4, 0.5) is 26.3 Å². The van der Waals surface area contributed by atoms with Crippen molar-refractivity contribution in [3.05, 3.63) is 88.0 Å². The number of rotatable bonds is 8. The van der Waals surface area contributed by atoms with Crippen molar-refractivity contribution in [3.63, 3.8) is 0 Å². The van der Waals surface area contributed by atoms with Crippen LogP contribution < -0.4 is 10.1 Å². The first kappa shape index (κ1) is 32.0. The van der Waals surface area contributed by atoms with Crippen molar-refractivity contribution in [3.8, 4) is 17.0 Å². The van der Waals surface area contributed by atoms with Crippen molar-refractivity contribution in [1.82, 2.24) is 15.3 Å². The number of nitrogens with zero attached hydrogens (tertiary/aromatic N) is 2. The van der Waals surface area contributed by atoms with E-state index in [1.54, 1.807) is 0 Å². The average Bonchev–Trinajstić information content (AvgIpc) is 2.94. The fourth-order valence-corrected chi connectivity index (χ4v) is 4.69. The Kier molecular flexibility index (Phi) is 8.65. The number of hydrogen-bond acceptors (Lipinski definition) is 6. The summed E-state index contributed by atoms with van der Waals surface area (Å²) in [6.45, 7) is 1.08. The lowest BCUT2D eigenvalue weighted by atomic mass is 9.90. The second-order valence-corrected chi connectivity index (χ2v) is 10.5. The van der Waals surface area contributed by atoms with Crippen LogP contribution in [0, 0.1) is 5.82 Å². The molecule has 2 aromatic heterocycles. The van der Waals surface area contributed by atoms with Crippen LogP contribution in [0.3, 0.4) is 0 Å². The monoisotopic (exact) mass is 627 g/mol. The summed E-state index contributed by atoms with van der Waals surface area (Å²) in [5.74, 6) is -1.80. The molecular formula is C29H24ClF6N3O4. The molecule has 0 fully saturated rings. The maximum absolute atomic E-state index is 14.5. The number of aromatic nitrogens is 2. The summed E-state index contributed by atoms with van der Waals surface area (Å²) < 4.78 is 88.4. The van der Waals surface area contributed by atoms with Gasteiger partial charge in [0.2, 0.25) is 5.60 Å². The highest BCUT2D eigenvalue weighted by Crippen LogP contribution is 2.43. The number of alkyl halides is 5. The first-order valence-electron chi connectivity index (χ1n) is 12.5. The zero-order valence-corrected chi connectivity index (χ0v) is 23.5. The van der Waals surface area contributed by atoms with Crippen molar-refractivity contribution in [1.29, 1.82) is 0 Å². The van der Waals surface area contributed by atoms with Gasteiger partial charge in [-0.2, -0.15) is 13.2 Å². The summed E-state index contributed by atoms with van der Waals surface area (Å²) in [7, 11) is 1.20. The van der Waals surface area contributed by atoms with E-state index in [0.29, 0.717) is 0 Å². The van der Waals surface area contributed by atoms with E-state index in [9.17, 15) is 41.4 Å². The van der Waals surface area contributed by atoms with E-state index in [0.717, 1.165) is 30.3 Å². The fraction of sp³-hybridized carbons (Fsp3) is 0.276. The molecule has 4 aromatic rings. The molecule has 0 radical (unpaired) electrons. The van der Waals surface area contributed by atoms with Gasteiger partial charge in [0.1, 0.15) is 22.8 Å². The van der Waals surface area contributed by atoms with Crippen LogP contribution in [0.5, 0.6) is 5.75 Å². The van der Waals surface area contributed by atoms with Crippen LogP contribution in [-0.2, 0) is 11.2 Å². The van der Waals surface area contributed by atoms with Crippen LogP contribution >= 0.6 is 11.6 Å². The zero-order chi connectivity index (χ0) is 31.9. The number of amides is 1. The predicted octanol–water partition coefficient (Wildman–Crippen LogP) is 6.44. The molecule has 0 bridgehead atoms. The lowest BCUT2D eigenvalue weighted by Crippen LogP contribution is -2.51. The predicted molar refractivity (Wildman–Crippen MR) is 145 cm³/mol. The van der Waals surface area contributed by atoms with E-state index >= 15 is 0 Å². The molecule has 43 heavy (non-hydrogen) atoms. The van der Waals surface area contributed by atoms with Gasteiger partial charge in [0.25, 0.3) is 12.3 Å². The number of fused-ring (bicyclic) bond motifs is 1. The van der Waals surface area contributed by atoms with E-state index in [1.165, 1.54) is 45.2 Å². The van der Waals surface area contributed by atoms with Gasteiger partial charge in [0, 0.05) is 22.1 Å². The minimum absolute atomic E-state index is 0.00137. The van der Waals surface area contributed by atoms with Gasteiger partial charge in [-0.15, -0.1) is 0 Å². The molecule has 1 unspecified atom stereocenters. The topological polar surface area (TPSA) is 105 Å². The molecule has 0 spiro atoms. The summed E-state index contributed by atoms with van der Waals surface area (Å²) in [6, 6.07) is 9.85. The summed E-state index contributed by atoms with van der Waals surface area (Å²) in [5.41, 5.74) is -7.76. The van der Waals surface area contributed by atoms with Gasteiger partial charge >= 0.3 is 6.18 Å². The molecule has 2 heterocycles. The normalized spacial score (nSPS) is 13.7. The first-order valence-corrected chi connectivity index (χ1v) is 12.9. The molecular weight excluding hydrogens is 604 g/mol. The van der Waals surface area contributed by atoms with E-state index in [4.69, 9.17) is 16.3 Å². The van der Waals surface area contributed by atoms with Crippen molar-refractivity contribution in [2.45, 2.75) is 37.7 Å². The molecule has 228 valence electrons. The smallest absolute Gasteiger partial charge is 0.424 e. The third-order valence-electron chi connectivity index (χ3n) is 6.62.